The number of rotatable bonds is 5. The van der Waals surface area contributed by atoms with Crippen LogP contribution in [0.4, 0.5) is 0 Å². The minimum atomic E-state index is -0.0756. The van der Waals surface area contributed by atoms with E-state index in [0.29, 0.717) is 5.92 Å². The molecule has 4 heteroatoms. The average Bonchev–Trinajstić information content (AvgIpc) is 2.85. The third-order valence-electron chi connectivity index (χ3n) is 4.23. The second kappa shape index (κ2) is 6.02. The fraction of sp³-hybridized carbons (Fsp3) is 0.500. The Labute approximate surface area is 124 Å². The van der Waals surface area contributed by atoms with Crippen LogP contribution in [0.5, 0.6) is 0 Å². The molecule has 1 aliphatic rings. The highest BCUT2D eigenvalue weighted by atomic mass is 32.1. The standard InChI is InChI=1S/C16H21N3S/c1-2-6-14-16(20-19-18-14)15(17)13-10-4-3-9-12(13)11-7-5-8-11/h3-4,9-11,15H,2,5-8,17H2,1H3. The molecule has 1 fully saturated rings. The SMILES string of the molecule is CCCc1nnsc1C(N)c1ccccc1C1CCC1. The van der Waals surface area contributed by atoms with E-state index >= 15 is 0 Å². The van der Waals surface area contributed by atoms with E-state index in [1.807, 2.05) is 0 Å². The minimum absolute atomic E-state index is 0.0756. The van der Waals surface area contributed by atoms with Crippen LogP contribution in [0.2, 0.25) is 0 Å². The minimum Gasteiger partial charge on any atom is -0.319 e. The molecule has 1 heterocycles. The molecule has 106 valence electrons. The van der Waals surface area contributed by atoms with Gasteiger partial charge in [-0.3, -0.25) is 0 Å². The highest BCUT2D eigenvalue weighted by Gasteiger charge is 2.26. The quantitative estimate of drug-likeness (QED) is 0.910. The van der Waals surface area contributed by atoms with Crippen molar-refractivity contribution in [3.63, 3.8) is 0 Å². The first-order valence-corrected chi connectivity index (χ1v) is 8.24. The molecular weight excluding hydrogens is 266 g/mol. The maximum atomic E-state index is 6.54. The Morgan fingerprint density at radius 2 is 2.15 bits per heavy atom. The fourth-order valence-electron chi connectivity index (χ4n) is 2.89. The lowest BCUT2D eigenvalue weighted by atomic mass is 9.77. The Hall–Kier alpha value is -1.26. The molecule has 0 aliphatic heterocycles. The highest BCUT2D eigenvalue weighted by Crippen LogP contribution is 2.40. The molecule has 0 bridgehead atoms. The molecule has 0 spiro atoms. The van der Waals surface area contributed by atoms with Crippen molar-refractivity contribution in [2.45, 2.75) is 51.0 Å². The van der Waals surface area contributed by atoms with Crippen molar-refractivity contribution in [3.8, 4) is 0 Å². The second-order valence-corrected chi connectivity index (χ2v) is 6.35. The number of hydrogen-bond donors (Lipinski definition) is 1. The van der Waals surface area contributed by atoms with E-state index in [0.717, 1.165) is 23.4 Å². The Balaban J connectivity index is 1.93. The third-order valence-corrected chi connectivity index (χ3v) is 5.08. The summed E-state index contributed by atoms with van der Waals surface area (Å²) in [6.07, 6.45) is 5.98. The van der Waals surface area contributed by atoms with Gasteiger partial charge in [-0.05, 0) is 47.8 Å². The van der Waals surface area contributed by atoms with Crippen LogP contribution in [0.25, 0.3) is 0 Å². The summed E-state index contributed by atoms with van der Waals surface area (Å²) < 4.78 is 4.11. The van der Waals surface area contributed by atoms with Crippen molar-refractivity contribution < 1.29 is 0 Å². The maximum absolute atomic E-state index is 6.54. The molecule has 1 aliphatic carbocycles. The monoisotopic (exact) mass is 287 g/mol. The Bertz CT molecular complexity index is 575. The molecule has 1 unspecified atom stereocenters. The zero-order valence-corrected chi connectivity index (χ0v) is 12.7. The first kappa shape index (κ1) is 13.7. The van der Waals surface area contributed by atoms with Crippen molar-refractivity contribution in [2.75, 3.05) is 0 Å². The van der Waals surface area contributed by atoms with Crippen LogP contribution >= 0.6 is 11.5 Å². The smallest absolute Gasteiger partial charge is 0.0807 e. The van der Waals surface area contributed by atoms with Gasteiger partial charge < -0.3 is 5.73 Å². The summed E-state index contributed by atoms with van der Waals surface area (Å²) in [6.45, 7) is 2.16. The number of benzene rings is 1. The molecule has 0 amide bonds. The molecule has 20 heavy (non-hydrogen) atoms. The topological polar surface area (TPSA) is 51.8 Å². The zero-order chi connectivity index (χ0) is 13.9. The van der Waals surface area contributed by atoms with E-state index in [1.165, 1.54) is 41.9 Å². The van der Waals surface area contributed by atoms with Gasteiger partial charge in [0.05, 0.1) is 16.6 Å². The molecule has 2 aromatic rings. The molecule has 3 nitrogen and oxygen atoms in total. The van der Waals surface area contributed by atoms with Crippen LogP contribution < -0.4 is 5.73 Å². The van der Waals surface area contributed by atoms with Crippen LogP contribution in [-0.2, 0) is 6.42 Å². The van der Waals surface area contributed by atoms with Crippen molar-refractivity contribution in [1.82, 2.24) is 9.59 Å². The third kappa shape index (κ3) is 2.50. The summed E-state index contributed by atoms with van der Waals surface area (Å²) in [5.74, 6) is 0.702. The van der Waals surface area contributed by atoms with E-state index in [9.17, 15) is 0 Å². The first-order chi connectivity index (χ1) is 9.81. The molecule has 0 saturated heterocycles. The Morgan fingerprint density at radius 1 is 1.35 bits per heavy atom. The van der Waals surface area contributed by atoms with Crippen LogP contribution in [0.15, 0.2) is 24.3 Å². The largest absolute Gasteiger partial charge is 0.319 e. The van der Waals surface area contributed by atoms with Crippen molar-refractivity contribution in [3.05, 3.63) is 46.0 Å². The van der Waals surface area contributed by atoms with Crippen molar-refractivity contribution in [1.29, 1.82) is 0 Å². The van der Waals surface area contributed by atoms with E-state index in [1.54, 1.807) is 0 Å². The van der Waals surface area contributed by atoms with Crippen LogP contribution in [-0.4, -0.2) is 9.59 Å². The molecule has 1 aromatic carbocycles. The highest BCUT2D eigenvalue weighted by molar-refractivity contribution is 7.05. The predicted octanol–water partition coefficient (Wildman–Crippen LogP) is 3.81. The van der Waals surface area contributed by atoms with Crippen molar-refractivity contribution in [2.24, 2.45) is 5.73 Å². The van der Waals surface area contributed by atoms with E-state index in [4.69, 9.17) is 5.73 Å². The second-order valence-electron chi connectivity index (χ2n) is 5.57. The molecule has 2 N–H and O–H groups in total. The van der Waals surface area contributed by atoms with Gasteiger partial charge in [0.1, 0.15) is 0 Å². The lowest BCUT2D eigenvalue weighted by molar-refractivity contribution is 0.416. The predicted molar refractivity (Wildman–Crippen MR) is 83.0 cm³/mol. The van der Waals surface area contributed by atoms with Crippen LogP contribution in [0.1, 0.15) is 66.3 Å². The number of nitrogens with two attached hydrogens (primary N) is 1. The van der Waals surface area contributed by atoms with Gasteiger partial charge in [0, 0.05) is 0 Å². The normalized spacial score (nSPS) is 16.9. The van der Waals surface area contributed by atoms with Gasteiger partial charge in [0.15, 0.2) is 0 Å². The molecule has 3 rings (SSSR count). The average molecular weight is 287 g/mol. The van der Waals surface area contributed by atoms with Gasteiger partial charge in [-0.1, -0.05) is 48.5 Å². The number of aromatic nitrogens is 2. The fourth-order valence-corrected chi connectivity index (χ4v) is 3.60. The molecular formula is C16H21N3S. The summed E-state index contributed by atoms with van der Waals surface area (Å²) in [7, 11) is 0. The van der Waals surface area contributed by atoms with Gasteiger partial charge in [-0.15, -0.1) is 5.10 Å². The molecule has 1 atom stereocenters. The summed E-state index contributed by atoms with van der Waals surface area (Å²) in [6, 6.07) is 8.56. The summed E-state index contributed by atoms with van der Waals surface area (Å²) in [5, 5.41) is 4.25. The number of hydrogen-bond acceptors (Lipinski definition) is 4. The Kier molecular flexibility index (Phi) is 4.13. The summed E-state index contributed by atoms with van der Waals surface area (Å²) >= 11 is 1.45. The molecule has 0 radical (unpaired) electrons. The van der Waals surface area contributed by atoms with Gasteiger partial charge in [-0.2, -0.15) is 0 Å². The molecule has 1 aromatic heterocycles. The Morgan fingerprint density at radius 3 is 2.85 bits per heavy atom. The van der Waals surface area contributed by atoms with Crippen LogP contribution in [0.3, 0.4) is 0 Å². The molecule has 1 saturated carbocycles. The van der Waals surface area contributed by atoms with Crippen LogP contribution in [0, 0.1) is 0 Å². The maximum Gasteiger partial charge on any atom is 0.0807 e. The van der Waals surface area contributed by atoms with Gasteiger partial charge >= 0.3 is 0 Å². The number of nitrogens with zero attached hydrogens (tertiary/aromatic N) is 2. The van der Waals surface area contributed by atoms with Gasteiger partial charge in [-0.25, -0.2) is 0 Å². The summed E-state index contributed by atoms with van der Waals surface area (Å²) in [4.78, 5) is 1.14. The first-order valence-electron chi connectivity index (χ1n) is 7.46. The lowest BCUT2D eigenvalue weighted by Crippen LogP contribution is -2.18. The lowest BCUT2D eigenvalue weighted by Gasteiger charge is -2.29. The van der Waals surface area contributed by atoms with E-state index in [2.05, 4.69) is 40.8 Å². The van der Waals surface area contributed by atoms with E-state index in [-0.39, 0.29) is 6.04 Å². The zero-order valence-electron chi connectivity index (χ0n) is 11.9. The van der Waals surface area contributed by atoms with Crippen molar-refractivity contribution >= 4 is 11.5 Å². The summed E-state index contributed by atoms with van der Waals surface area (Å²) in [5.41, 5.74) is 10.3. The number of aryl methyl sites for hydroxylation is 1. The van der Waals surface area contributed by atoms with Gasteiger partial charge in [0.25, 0.3) is 0 Å². The van der Waals surface area contributed by atoms with E-state index < -0.39 is 0 Å². The van der Waals surface area contributed by atoms with Gasteiger partial charge in [0.2, 0.25) is 0 Å².